The van der Waals surface area contributed by atoms with Gasteiger partial charge in [-0.3, -0.25) is 0 Å². The number of carbonyl (C=O) groups excluding carboxylic acids is 1. The minimum Gasteiger partial charge on any atom is -0.496 e. The number of aliphatic carboxylic acids is 1. The quantitative estimate of drug-likeness (QED) is 0.872. The Bertz CT molecular complexity index is 516. The van der Waals surface area contributed by atoms with Crippen LogP contribution in [-0.2, 0) is 9.53 Å². The summed E-state index contributed by atoms with van der Waals surface area (Å²) in [5, 5.41) is 11.7. The summed E-state index contributed by atoms with van der Waals surface area (Å²) in [6.07, 6.45) is -1.08. The Hall–Kier alpha value is -2.24. The Morgan fingerprint density at radius 3 is 2.10 bits per heavy atom. The van der Waals surface area contributed by atoms with Crippen molar-refractivity contribution in [2.45, 2.75) is 39.8 Å². The normalized spacial score (nSPS) is 11.9. The molecule has 0 radical (unpaired) electrons. The fourth-order valence-electron chi connectivity index (χ4n) is 2.13. The van der Waals surface area contributed by atoms with Gasteiger partial charge in [0.25, 0.3) is 0 Å². The summed E-state index contributed by atoms with van der Waals surface area (Å²) < 4.78 is 10.2. The minimum absolute atomic E-state index is 0.321. The van der Waals surface area contributed by atoms with E-state index < -0.39 is 18.1 Å². The number of amides is 1. The Balaban J connectivity index is 3.07. The molecule has 6 nitrogen and oxygen atoms in total. The van der Waals surface area contributed by atoms with Crippen LogP contribution in [-0.4, -0.2) is 30.4 Å². The molecule has 0 bridgehead atoms. The molecule has 0 spiro atoms. The van der Waals surface area contributed by atoms with E-state index in [4.69, 9.17) is 9.47 Å². The smallest absolute Gasteiger partial charge is 0.408 e. The van der Waals surface area contributed by atoms with Crippen molar-refractivity contribution < 1.29 is 24.2 Å². The van der Waals surface area contributed by atoms with Crippen molar-refractivity contribution in [3.63, 3.8) is 0 Å². The number of methoxy groups -OCH3 is 1. The molecule has 0 saturated heterocycles. The predicted octanol–water partition coefficient (Wildman–Crippen LogP) is 2.57. The molecule has 0 fully saturated rings. The standard InChI is InChI=1S/C15H21NO5/c1-8(2)21-15(19)16-12(14(17)18)11-6-9(3)13(20-5)10(4)7-11/h6-8,12H,1-5H3,(H,16,19)(H,17,18). The molecule has 1 rings (SSSR count). The topological polar surface area (TPSA) is 84.9 Å². The number of nitrogens with one attached hydrogen (secondary N) is 1. The highest BCUT2D eigenvalue weighted by Crippen LogP contribution is 2.27. The van der Waals surface area contributed by atoms with E-state index in [0.29, 0.717) is 11.3 Å². The summed E-state index contributed by atoms with van der Waals surface area (Å²) in [6, 6.07) is 2.19. The zero-order valence-electron chi connectivity index (χ0n) is 12.9. The van der Waals surface area contributed by atoms with Crippen LogP contribution in [0.3, 0.4) is 0 Å². The van der Waals surface area contributed by atoms with Crippen molar-refractivity contribution in [1.82, 2.24) is 5.32 Å². The summed E-state index contributed by atoms with van der Waals surface area (Å²) >= 11 is 0. The van der Waals surface area contributed by atoms with Crippen molar-refractivity contribution in [3.05, 3.63) is 28.8 Å². The summed E-state index contributed by atoms with van der Waals surface area (Å²) in [5.41, 5.74) is 2.08. The average Bonchev–Trinajstić information content (AvgIpc) is 2.34. The number of ether oxygens (including phenoxy) is 2. The molecule has 1 aromatic rings. The number of benzene rings is 1. The zero-order valence-corrected chi connectivity index (χ0v) is 12.9. The second-order valence-electron chi connectivity index (χ2n) is 5.06. The molecule has 0 aliphatic carbocycles. The van der Waals surface area contributed by atoms with Crippen molar-refractivity contribution in [1.29, 1.82) is 0 Å². The van der Waals surface area contributed by atoms with Gasteiger partial charge in [0.05, 0.1) is 13.2 Å². The Kier molecular flexibility index (Phi) is 5.58. The van der Waals surface area contributed by atoms with Gasteiger partial charge in [-0.25, -0.2) is 9.59 Å². The number of carbonyl (C=O) groups is 2. The molecule has 0 heterocycles. The molecule has 0 saturated carbocycles. The Morgan fingerprint density at radius 1 is 1.19 bits per heavy atom. The molecule has 0 aliphatic rings. The molecule has 21 heavy (non-hydrogen) atoms. The second-order valence-corrected chi connectivity index (χ2v) is 5.06. The first-order valence-corrected chi connectivity index (χ1v) is 6.61. The van der Waals surface area contributed by atoms with Gasteiger partial charge >= 0.3 is 12.1 Å². The second kappa shape index (κ2) is 6.97. The lowest BCUT2D eigenvalue weighted by Crippen LogP contribution is -2.35. The van der Waals surface area contributed by atoms with Crippen molar-refractivity contribution in [3.8, 4) is 5.75 Å². The SMILES string of the molecule is COc1c(C)cc(C(NC(=O)OC(C)C)C(=O)O)cc1C. The van der Waals surface area contributed by atoms with Crippen molar-refractivity contribution in [2.75, 3.05) is 7.11 Å². The molecule has 1 aromatic carbocycles. The fraction of sp³-hybridized carbons (Fsp3) is 0.467. The van der Waals surface area contributed by atoms with Gasteiger partial charge in [-0.15, -0.1) is 0 Å². The van der Waals surface area contributed by atoms with Gasteiger partial charge in [-0.2, -0.15) is 0 Å². The average molecular weight is 295 g/mol. The number of rotatable bonds is 5. The molecule has 116 valence electrons. The highest BCUT2D eigenvalue weighted by molar-refractivity contribution is 5.81. The number of hydrogen-bond donors (Lipinski definition) is 2. The van der Waals surface area contributed by atoms with Crippen LogP contribution in [0.4, 0.5) is 4.79 Å². The lowest BCUT2D eigenvalue weighted by molar-refractivity contribution is -0.139. The monoisotopic (exact) mass is 295 g/mol. The third kappa shape index (κ3) is 4.37. The Labute approximate surface area is 124 Å². The van der Waals surface area contributed by atoms with E-state index in [0.717, 1.165) is 11.1 Å². The predicted molar refractivity (Wildman–Crippen MR) is 77.6 cm³/mol. The van der Waals surface area contributed by atoms with E-state index in [1.54, 1.807) is 33.1 Å². The van der Waals surface area contributed by atoms with Gasteiger partial charge in [-0.1, -0.05) is 0 Å². The molecular formula is C15H21NO5. The lowest BCUT2D eigenvalue weighted by Gasteiger charge is -2.18. The van der Waals surface area contributed by atoms with Crippen LogP contribution < -0.4 is 10.1 Å². The van der Waals surface area contributed by atoms with Gasteiger partial charge < -0.3 is 19.9 Å². The van der Waals surface area contributed by atoms with Crippen molar-refractivity contribution in [2.24, 2.45) is 0 Å². The first kappa shape index (κ1) is 16.8. The maximum atomic E-state index is 11.6. The van der Waals surface area contributed by atoms with Crippen LogP contribution >= 0.6 is 0 Å². The number of hydrogen-bond acceptors (Lipinski definition) is 4. The van der Waals surface area contributed by atoms with Gasteiger partial charge in [0.1, 0.15) is 5.75 Å². The molecular weight excluding hydrogens is 274 g/mol. The van der Waals surface area contributed by atoms with Gasteiger partial charge in [-0.05, 0) is 56.5 Å². The highest BCUT2D eigenvalue weighted by Gasteiger charge is 2.24. The first-order chi connectivity index (χ1) is 9.76. The largest absolute Gasteiger partial charge is 0.496 e. The van der Waals surface area contributed by atoms with Crippen LogP contribution in [0.5, 0.6) is 5.75 Å². The molecule has 0 aliphatic heterocycles. The number of alkyl carbamates (subject to hydrolysis) is 1. The van der Waals surface area contributed by atoms with Crippen LogP contribution in [0.25, 0.3) is 0 Å². The summed E-state index contributed by atoms with van der Waals surface area (Å²) in [5.74, 6) is -0.452. The highest BCUT2D eigenvalue weighted by atomic mass is 16.6. The van der Waals surface area contributed by atoms with Crippen LogP contribution in [0, 0.1) is 13.8 Å². The van der Waals surface area contributed by atoms with Gasteiger partial charge in [0, 0.05) is 0 Å². The number of carboxylic acid groups (broad SMARTS) is 1. The summed E-state index contributed by atoms with van der Waals surface area (Å²) in [4.78, 5) is 23.0. The van der Waals surface area contributed by atoms with Crippen molar-refractivity contribution >= 4 is 12.1 Å². The van der Waals surface area contributed by atoms with E-state index in [9.17, 15) is 14.7 Å². The molecule has 6 heteroatoms. The Morgan fingerprint density at radius 2 is 1.71 bits per heavy atom. The van der Waals surface area contributed by atoms with Gasteiger partial charge in [0.15, 0.2) is 6.04 Å². The summed E-state index contributed by atoms with van der Waals surface area (Å²) in [6.45, 7) is 7.02. The van der Waals surface area contributed by atoms with E-state index in [-0.39, 0.29) is 6.10 Å². The third-order valence-corrected chi connectivity index (χ3v) is 2.87. The summed E-state index contributed by atoms with van der Waals surface area (Å²) in [7, 11) is 1.56. The lowest BCUT2D eigenvalue weighted by atomic mass is 10.0. The molecule has 1 amide bonds. The maximum absolute atomic E-state index is 11.6. The van der Waals surface area contributed by atoms with Gasteiger partial charge in [0.2, 0.25) is 0 Å². The van der Waals surface area contributed by atoms with E-state index in [1.807, 2.05) is 13.8 Å². The molecule has 0 aromatic heterocycles. The number of carboxylic acids is 1. The zero-order chi connectivity index (χ0) is 16.2. The van der Waals surface area contributed by atoms with Crippen LogP contribution in [0.2, 0.25) is 0 Å². The molecule has 1 atom stereocenters. The molecule has 2 N–H and O–H groups in total. The molecule has 1 unspecified atom stereocenters. The fourth-order valence-corrected chi connectivity index (χ4v) is 2.13. The van der Waals surface area contributed by atoms with E-state index >= 15 is 0 Å². The first-order valence-electron chi connectivity index (χ1n) is 6.61. The minimum atomic E-state index is -1.17. The van der Waals surface area contributed by atoms with Crippen LogP contribution in [0.1, 0.15) is 36.6 Å². The van der Waals surface area contributed by atoms with E-state index in [2.05, 4.69) is 5.32 Å². The van der Waals surface area contributed by atoms with E-state index in [1.165, 1.54) is 0 Å². The third-order valence-electron chi connectivity index (χ3n) is 2.87. The number of aryl methyl sites for hydroxylation is 2. The maximum Gasteiger partial charge on any atom is 0.408 e. The van der Waals surface area contributed by atoms with Crippen LogP contribution in [0.15, 0.2) is 12.1 Å².